The van der Waals surface area contributed by atoms with E-state index >= 15 is 0 Å². The largest absolute Gasteiger partial charge is 0.264 e. The van der Waals surface area contributed by atoms with Gasteiger partial charge in [0.2, 0.25) is 6.04 Å². The van der Waals surface area contributed by atoms with E-state index in [0.717, 1.165) is 57.8 Å². The van der Waals surface area contributed by atoms with Crippen LogP contribution in [0.2, 0.25) is 0 Å². The van der Waals surface area contributed by atoms with Crippen molar-refractivity contribution in [3.05, 3.63) is 64.5 Å². The first-order valence-corrected chi connectivity index (χ1v) is 17.2. The zero-order valence-corrected chi connectivity index (χ0v) is 26.6. The van der Waals surface area contributed by atoms with Crippen molar-refractivity contribution in [1.29, 1.82) is 0 Å². The molecule has 0 saturated carbocycles. The molecular formula is C37H65NO2. The Bertz CT molecular complexity index is 684. The summed E-state index contributed by atoms with van der Waals surface area (Å²) in [4.78, 5) is 11.4. The van der Waals surface area contributed by atoms with Gasteiger partial charge >= 0.3 is 0 Å². The summed E-state index contributed by atoms with van der Waals surface area (Å²) < 4.78 is 0. The quantitative estimate of drug-likeness (QED) is 0.0291. The summed E-state index contributed by atoms with van der Waals surface area (Å²) in [6.07, 6.45) is 47.0. The summed E-state index contributed by atoms with van der Waals surface area (Å²) in [5.41, 5.74) is 3.29. The van der Waals surface area contributed by atoms with E-state index in [1.54, 1.807) is 0 Å². The van der Waals surface area contributed by atoms with Gasteiger partial charge in [-0.3, -0.25) is 10.1 Å². The van der Waals surface area contributed by atoms with Crippen LogP contribution in [0.3, 0.4) is 0 Å². The van der Waals surface area contributed by atoms with Gasteiger partial charge in [0.05, 0.1) is 0 Å². The molecule has 0 bridgehead atoms. The highest BCUT2D eigenvalue weighted by molar-refractivity contribution is 4.94. The molecule has 1 atom stereocenters. The van der Waals surface area contributed by atoms with E-state index in [1.807, 2.05) is 0 Å². The molecule has 1 unspecified atom stereocenters. The lowest BCUT2D eigenvalue weighted by molar-refractivity contribution is -0.524. The van der Waals surface area contributed by atoms with Crippen LogP contribution in [0.15, 0.2) is 54.3 Å². The van der Waals surface area contributed by atoms with Crippen molar-refractivity contribution in [2.45, 2.75) is 180 Å². The van der Waals surface area contributed by atoms with Gasteiger partial charge in [0.1, 0.15) is 0 Å². The number of allylic oxidation sites excluding steroid dienone is 7. The molecule has 0 spiro atoms. The van der Waals surface area contributed by atoms with Crippen LogP contribution < -0.4 is 0 Å². The first kappa shape index (κ1) is 38.1. The minimum Gasteiger partial charge on any atom is -0.264 e. The minimum atomic E-state index is -0.334. The van der Waals surface area contributed by atoms with Crippen molar-refractivity contribution in [3.8, 4) is 0 Å². The number of unbranched alkanes of at least 4 members (excludes halogenated alkanes) is 17. The highest BCUT2D eigenvalue weighted by atomic mass is 16.6. The van der Waals surface area contributed by atoms with E-state index in [2.05, 4.69) is 68.2 Å². The fourth-order valence-corrected chi connectivity index (χ4v) is 4.91. The van der Waals surface area contributed by atoms with Gasteiger partial charge in [-0.1, -0.05) is 121 Å². The van der Waals surface area contributed by atoms with Gasteiger partial charge in [-0.05, 0) is 89.2 Å². The number of hydrogen-bond acceptors (Lipinski definition) is 2. The molecule has 0 radical (unpaired) electrons. The van der Waals surface area contributed by atoms with Gasteiger partial charge in [0, 0.05) is 17.8 Å². The maximum atomic E-state index is 11.5. The monoisotopic (exact) mass is 556 g/mol. The molecule has 0 aromatic carbocycles. The molecule has 0 aromatic heterocycles. The maximum Gasteiger partial charge on any atom is 0.213 e. The lowest BCUT2D eigenvalue weighted by atomic mass is 10.0. The average Bonchev–Trinajstić information content (AvgIpc) is 2.95. The third-order valence-electron chi connectivity index (χ3n) is 7.55. The first-order chi connectivity index (χ1) is 19.7. The Morgan fingerprint density at radius 3 is 1.45 bits per heavy atom. The lowest BCUT2D eigenvalue weighted by Crippen LogP contribution is -2.19. The van der Waals surface area contributed by atoms with Gasteiger partial charge < -0.3 is 0 Å². The molecular weight excluding hydrogens is 490 g/mol. The predicted octanol–water partition coefficient (Wildman–Crippen LogP) is 12.8. The Balaban J connectivity index is 3.59. The molecule has 0 N–H and O–H groups in total. The van der Waals surface area contributed by atoms with Gasteiger partial charge in [0.15, 0.2) is 0 Å². The van der Waals surface area contributed by atoms with Crippen LogP contribution in [-0.4, -0.2) is 11.0 Å². The van der Waals surface area contributed by atoms with Gasteiger partial charge in [-0.2, -0.15) is 0 Å². The Labute approximate surface area is 249 Å². The SMILES string of the molecule is CCCCC/C=C\CC=C=CCCCCCCCC(CCCCCCCC/C=C\C/C=C\CCCCC)[N+](=O)[O-]. The summed E-state index contributed by atoms with van der Waals surface area (Å²) in [5, 5.41) is 11.5. The molecule has 0 aliphatic carbocycles. The molecule has 230 valence electrons. The Morgan fingerprint density at radius 1 is 0.525 bits per heavy atom. The highest BCUT2D eigenvalue weighted by Crippen LogP contribution is 2.16. The normalized spacial score (nSPS) is 12.4. The summed E-state index contributed by atoms with van der Waals surface area (Å²) in [7, 11) is 0. The maximum absolute atomic E-state index is 11.5. The molecule has 0 saturated heterocycles. The van der Waals surface area contributed by atoms with Crippen LogP contribution in [0, 0.1) is 10.1 Å². The predicted molar refractivity (Wildman–Crippen MR) is 178 cm³/mol. The van der Waals surface area contributed by atoms with E-state index in [-0.39, 0.29) is 11.0 Å². The Morgan fingerprint density at radius 2 is 0.950 bits per heavy atom. The Hall–Kier alpha value is -1.86. The molecule has 0 aromatic rings. The van der Waals surface area contributed by atoms with E-state index in [4.69, 9.17) is 0 Å². The van der Waals surface area contributed by atoms with Crippen molar-refractivity contribution in [3.63, 3.8) is 0 Å². The standard InChI is InChI=1S/C37H65NO2/c1-3-5-7-9-11-13-15-17-19-21-23-25-27-29-31-33-35-37(38(39)40)36-34-32-30-28-26-24-22-20-18-16-14-12-10-8-6-4-2/h11-14,17-19,22,37H,3-10,15-16,21,23-36H2,1-2H3/b13-11-,14-12-,19-17-. The van der Waals surface area contributed by atoms with E-state index < -0.39 is 0 Å². The van der Waals surface area contributed by atoms with Crippen molar-refractivity contribution in [2.24, 2.45) is 0 Å². The smallest absolute Gasteiger partial charge is 0.213 e. The first-order valence-electron chi connectivity index (χ1n) is 17.2. The van der Waals surface area contributed by atoms with Crippen LogP contribution in [0.25, 0.3) is 0 Å². The van der Waals surface area contributed by atoms with Crippen LogP contribution in [-0.2, 0) is 0 Å². The van der Waals surface area contributed by atoms with E-state index in [0.29, 0.717) is 0 Å². The second-order valence-electron chi connectivity index (χ2n) is 11.4. The van der Waals surface area contributed by atoms with Crippen molar-refractivity contribution < 1.29 is 4.92 Å². The van der Waals surface area contributed by atoms with E-state index in [9.17, 15) is 10.1 Å². The van der Waals surface area contributed by atoms with Crippen molar-refractivity contribution in [2.75, 3.05) is 0 Å². The molecule has 0 fully saturated rings. The number of hydrogen-bond donors (Lipinski definition) is 0. The minimum absolute atomic E-state index is 0.0236. The molecule has 0 aliphatic rings. The molecule has 40 heavy (non-hydrogen) atoms. The molecule has 3 nitrogen and oxygen atoms in total. The highest BCUT2D eigenvalue weighted by Gasteiger charge is 2.18. The molecule has 0 amide bonds. The molecule has 0 aliphatic heterocycles. The summed E-state index contributed by atoms with van der Waals surface area (Å²) in [6, 6.07) is -0.334. The fraction of sp³-hybridized carbons (Fsp3) is 0.757. The second-order valence-corrected chi connectivity index (χ2v) is 11.4. The lowest BCUT2D eigenvalue weighted by Gasteiger charge is -2.09. The molecule has 3 heteroatoms. The zero-order valence-electron chi connectivity index (χ0n) is 26.6. The van der Waals surface area contributed by atoms with Crippen molar-refractivity contribution >= 4 is 0 Å². The van der Waals surface area contributed by atoms with Gasteiger partial charge in [-0.15, -0.1) is 5.73 Å². The fourth-order valence-electron chi connectivity index (χ4n) is 4.91. The molecule has 0 rings (SSSR count). The van der Waals surface area contributed by atoms with Gasteiger partial charge in [0.25, 0.3) is 0 Å². The topological polar surface area (TPSA) is 43.1 Å². The zero-order chi connectivity index (χ0) is 29.2. The van der Waals surface area contributed by atoms with Crippen LogP contribution in [0.5, 0.6) is 0 Å². The number of rotatable bonds is 30. The second kappa shape index (κ2) is 33.3. The Kier molecular flexibility index (Phi) is 31.8. The van der Waals surface area contributed by atoms with Crippen molar-refractivity contribution in [1.82, 2.24) is 0 Å². The molecule has 0 heterocycles. The van der Waals surface area contributed by atoms with Crippen LogP contribution >= 0.6 is 0 Å². The van der Waals surface area contributed by atoms with Crippen LogP contribution in [0.1, 0.15) is 174 Å². The average molecular weight is 556 g/mol. The van der Waals surface area contributed by atoms with Gasteiger partial charge in [-0.25, -0.2) is 0 Å². The third kappa shape index (κ3) is 30.7. The third-order valence-corrected chi connectivity index (χ3v) is 7.55. The van der Waals surface area contributed by atoms with E-state index in [1.165, 1.54) is 103 Å². The van der Waals surface area contributed by atoms with Crippen LogP contribution in [0.4, 0.5) is 0 Å². The summed E-state index contributed by atoms with van der Waals surface area (Å²) in [6.45, 7) is 4.49. The number of nitro groups is 1. The number of nitrogens with zero attached hydrogens (tertiary/aromatic N) is 1. The summed E-state index contributed by atoms with van der Waals surface area (Å²) >= 11 is 0. The summed E-state index contributed by atoms with van der Waals surface area (Å²) in [5.74, 6) is 0.